The summed E-state index contributed by atoms with van der Waals surface area (Å²) < 4.78 is 0. The van der Waals surface area contributed by atoms with E-state index < -0.39 is 0 Å². The van der Waals surface area contributed by atoms with Gasteiger partial charge in [-0.25, -0.2) is 9.97 Å². The molecular formula is C10H12N4. The Hall–Kier alpha value is -1.63. The summed E-state index contributed by atoms with van der Waals surface area (Å²) in [6.45, 7) is 3.17. The number of anilines is 1. The minimum absolute atomic E-state index is 0.406. The zero-order chi connectivity index (χ0) is 10.0. The average molecular weight is 188 g/mol. The van der Waals surface area contributed by atoms with Gasteiger partial charge < -0.3 is 5.32 Å². The van der Waals surface area contributed by atoms with Crippen LogP contribution in [0.25, 0.3) is 0 Å². The van der Waals surface area contributed by atoms with Crippen molar-refractivity contribution >= 4 is 5.82 Å². The molecule has 1 aromatic heterocycles. The molecule has 1 aromatic rings. The first-order chi connectivity index (χ1) is 6.72. The number of hydrogen-bond donors (Lipinski definition) is 1. The Balaban J connectivity index is 1.99. The van der Waals surface area contributed by atoms with Crippen molar-refractivity contribution in [3.63, 3.8) is 0 Å². The topological polar surface area (TPSA) is 61.6 Å². The van der Waals surface area contributed by atoms with Crippen molar-refractivity contribution < 1.29 is 0 Å². The highest BCUT2D eigenvalue weighted by atomic mass is 15.0. The second kappa shape index (κ2) is 3.26. The number of hydrogen-bond acceptors (Lipinski definition) is 4. The van der Waals surface area contributed by atoms with Crippen LogP contribution in [0.1, 0.15) is 25.5 Å². The summed E-state index contributed by atoms with van der Waals surface area (Å²) in [7, 11) is 0. The number of rotatable bonds is 3. The van der Waals surface area contributed by atoms with E-state index in [2.05, 4.69) is 22.2 Å². The van der Waals surface area contributed by atoms with E-state index in [4.69, 9.17) is 5.26 Å². The van der Waals surface area contributed by atoms with Crippen LogP contribution in [-0.2, 0) is 0 Å². The molecule has 0 atom stereocenters. The summed E-state index contributed by atoms with van der Waals surface area (Å²) in [6, 6.07) is 3.66. The van der Waals surface area contributed by atoms with E-state index >= 15 is 0 Å². The Kier molecular flexibility index (Phi) is 2.08. The van der Waals surface area contributed by atoms with Gasteiger partial charge in [-0.2, -0.15) is 5.26 Å². The number of nitriles is 1. The van der Waals surface area contributed by atoms with Crippen LogP contribution in [0.2, 0.25) is 0 Å². The van der Waals surface area contributed by atoms with Crippen LogP contribution in [0.3, 0.4) is 0 Å². The first-order valence-corrected chi connectivity index (χ1v) is 4.68. The van der Waals surface area contributed by atoms with Gasteiger partial charge in [0.15, 0.2) is 0 Å². The van der Waals surface area contributed by atoms with E-state index in [1.807, 2.05) is 6.07 Å². The summed E-state index contributed by atoms with van der Waals surface area (Å²) in [5.41, 5.74) is 0.848. The molecule has 1 aliphatic rings. The minimum atomic E-state index is 0.406. The normalized spacial score (nSPS) is 17.1. The third-order valence-electron chi connectivity index (χ3n) is 2.58. The van der Waals surface area contributed by atoms with Crippen LogP contribution in [0, 0.1) is 16.7 Å². The number of nitrogens with zero attached hydrogens (tertiary/aromatic N) is 3. The highest BCUT2D eigenvalue weighted by molar-refractivity contribution is 5.39. The Labute approximate surface area is 83.0 Å². The van der Waals surface area contributed by atoms with E-state index in [-0.39, 0.29) is 0 Å². The molecule has 0 aromatic carbocycles. The van der Waals surface area contributed by atoms with Gasteiger partial charge in [0.2, 0.25) is 0 Å². The molecule has 0 bridgehead atoms. The molecule has 2 rings (SSSR count). The van der Waals surface area contributed by atoms with Gasteiger partial charge in [0.05, 0.1) is 0 Å². The molecule has 1 N–H and O–H groups in total. The Morgan fingerprint density at radius 1 is 1.57 bits per heavy atom. The fourth-order valence-corrected chi connectivity index (χ4v) is 1.21. The van der Waals surface area contributed by atoms with Gasteiger partial charge in [0, 0.05) is 12.6 Å². The predicted octanol–water partition coefficient (Wildman–Crippen LogP) is 1.56. The molecule has 0 radical (unpaired) electrons. The summed E-state index contributed by atoms with van der Waals surface area (Å²) in [5.74, 6) is 0.740. The predicted molar refractivity (Wildman–Crippen MR) is 52.6 cm³/mol. The van der Waals surface area contributed by atoms with Crippen molar-refractivity contribution in [1.82, 2.24) is 9.97 Å². The highest BCUT2D eigenvalue weighted by Gasteiger charge is 2.36. The number of nitrogens with one attached hydrogen (secondary N) is 1. The van der Waals surface area contributed by atoms with Gasteiger partial charge in [-0.15, -0.1) is 0 Å². The molecular weight excluding hydrogens is 176 g/mol. The largest absolute Gasteiger partial charge is 0.369 e. The van der Waals surface area contributed by atoms with E-state index in [1.54, 1.807) is 6.07 Å². The molecule has 0 spiro atoms. The van der Waals surface area contributed by atoms with Crippen molar-refractivity contribution in [1.29, 1.82) is 5.26 Å². The molecule has 1 fully saturated rings. The molecule has 1 aliphatic carbocycles. The van der Waals surface area contributed by atoms with E-state index in [9.17, 15) is 0 Å². The third-order valence-corrected chi connectivity index (χ3v) is 2.58. The molecule has 1 heterocycles. The quantitative estimate of drug-likeness (QED) is 0.781. The van der Waals surface area contributed by atoms with Gasteiger partial charge in [-0.05, 0) is 18.3 Å². The lowest BCUT2D eigenvalue weighted by Gasteiger charge is -2.09. The van der Waals surface area contributed by atoms with E-state index in [1.165, 1.54) is 19.2 Å². The molecule has 0 saturated heterocycles. The maximum atomic E-state index is 8.63. The van der Waals surface area contributed by atoms with Gasteiger partial charge in [-0.1, -0.05) is 6.92 Å². The van der Waals surface area contributed by atoms with Crippen LogP contribution < -0.4 is 5.32 Å². The highest BCUT2D eigenvalue weighted by Crippen LogP contribution is 2.44. The zero-order valence-corrected chi connectivity index (χ0v) is 8.12. The molecule has 0 unspecified atom stereocenters. The molecule has 4 heteroatoms. The average Bonchev–Trinajstić information content (AvgIpc) is 2.95. The van der Waals surface area contributed by atoms with E-state index in [0.717, 1.165) is 12.4 Å². The van der Waals surface area contributed by atoms with Crippen molar-refractivity contribution in [2.75, 3.05) is 11.9 Å². The maximum absolute atomic E-state index is 8.63. The van der Waals surface area contributed by atoms with Gasteiger partial charge in [-0.3, -0.25) is 0 Å². The smallest absolute Gasteiger partial charge is 0.145 e. The van der Waals surface area contributed by atoms with Crippen LogP contribution in [0.15, 0.2) is 12.4 Å². The summed E-state index contributed by atoms with van der Waals surface area (Å²) in [5, 5.41) is 11.9. The lowest BCUT2D eigenvalue weighted by Crippen LogP contribution is -2.12. The molecule has 1 saturated carbocycles. The summed E-state index contributed by atoms with van der Waals surface area (Å²) in [6.07, 6.45) is 3.96. The first-order valence-electron chi connectivity index (χ1n) is 4.68. The zero-order valence-electron chi connectivity index (χ0n) is 8.12. The Morgan fingerprint density at radius 2 is 2.36 bits per heavy atom. The van der Waals surface area contributed by atoms with Gasteiger partial charge in [0.1, 0.15) is 23.9 Å². The Bertz CT molecular complexity index is 376. The van der Waals surface area contributed by atoms with E-state index in [0.29, 0.717) is 11.1 Å². The van der Waals surface area contributed by atoms with Crippen molar-refractivity contribution in [2.24, 2.45) is 5.41 Å². The molecule has 14 heavy (non-hydrogen) atoms. The van der Waals surface area contributed by atoms with Gasteiger partial charge in [0.25, 0.3) is 0 Å². The van der Waals surface area contributed by atoms with Gasteiger partial charge >= 0.3 is 0 Å². The van der Waals surface area contributed by atoms with Crippen LogP contribution >= 0.6 is 0 Å². The maximum Gasteiger partial charge on any atom is 0.145 e. The summed E-state index contributed by atoms with van der Waals surface area (Å²) >= 11 is 0. The minimum Gasteiger partial charge on any atom is -0.369 e. The van der Waals surface area contributed by atoms with Crippen LogP contribution in [0.5, 0.6) is 0 Å². The van der Waals surface area contributed by atoms with Crippen molar-refractivity contribution in [3.05, 3.63) is 18.1 Å². The van der Waals surface area contributed by atoms with Crippen molar-refractivity contribution in [3.8, 4) is 6.07 Å². The fourth-order valence-electron chi connectivity index (χ4n) is 1.21. The molecule has 0 aliphatic heterocycles. The Morgan fingerprint density at radius 3 is 3.00 bits per heavy atom. The fraction of sp³-hybridized carbons (Fsp3) is 0.500. The van der Waals surface area contributed by atoms with Crippen LogP contribution in [0.4, 0.5) is 5.82 Å². The molecule has 0 amide bonds. The van der Waals surface area contributed by atoms with Crippen LogP contribution in [-0.4, -0.2) is 16.5 Å². The SMILES string of the molecule is CC1(CNc2cc(C#N)ncn2)CC1. The van der Waals surface area contributed by atoms with Crippen molar-refractivity contribution in [2.45, 2.75) is 19.8 Å². The molecule has 72 valence electrons. The first kappa shape index (κ1) is 8.95. The monoisotopic (exact) mass is 188 g/mol. The third kappa shape index (κ3) is 1.99. The number of aromatic nitrogens is 2. The standard InChI is InChI=1S/C10H12N4/c1-10(2-3-10)6-12-9-4-8(5-11)13-7-14-9/h4,7H,2-3,6H2,1H3,(H,12,13,14). The second-order valence-electron chi connectivity index (χ2n) is 4.06. The second-order valence-corrected chi connectivity index (χ2v) is 4.06. The summed E-state index contributed by atoms with van der Waals surface area (Å²) in [4.78, 5) is 7.85. The molecule has 4 nitrogen and oxygen atoms in total. The lowest BCUT2D eigenvalue weighted by atomic mass is 10.1. The lowest BCUT2D eigenvalue weighted by molar-refractivity contribution is 0.609.